The highest BCUT2D eigenvalue weighted by atomic mass is 35.5. The third-order valence-corrected chi connectivity index (χ3v) is 6.93. The molecule has 0 saturated carbocycles. The van der Waals surface area contributed by atoms with Gasteiger partial charge in [0.15, 0.2) is 11.5 Å². The molecule has 0 radical (unpaired) electrons. The molecule has 1 unspecified atom stereocenters. The first-order valence-corrected chi connectivity index (χ1v) is 11.3. The predicted molar refractivity (Wildman–Crippen MR) is 119 cm³/mol. The van der Waals surface area contributed by atoms with Crippen molar-refractivity contribution in [2.24, 2.45) is 0 Å². The average molecular weight is 435 g/mol. The van der Waals surface area contributed by atoms with E-state index in [1.54, 1.807) is 11.2 Å². The van der Waals surface area contributed by atoms with Crippen molar-refractivity contribution in [2.75, 3.05) is 13.1 Å². The van der Waals surface area contributed by atoms with Gasteiger partial charge in [0.2, 0.25) is 0 Å². The molecule has 6 rings (SSSR count). The second-order valence-electron chi connectivity index (χ2n) is 8.63. The van der Waals surface area contributed by atoms with Gasteiger partial charge in [0, 0.05) is 16.1 Å². The lowest BCUT2D eigenvalue weighted by Gasteiger charge is -2.50. The third-order valence-electron chi connectivity index (χ3n) is 6.70. The summed E-state index contributed by atoms with van der Waals surface area (Å²) in [6.45, 7) is 3.16. The number of fused-ring (bicyclic) bond motifs is 4. The minimum absolute atomic E-state index is 0.0539. The van der Waals surface area contributed by atoms with Gasteiger partial charge in [-0.2, -0.15) is 5.01 Å². The molecule has 158 valence electrons. The van der Waals surface area contributed by atoms with Crippen LogP contribution in [0.25, 0.3) is 5.70 Å². The fraction of sp³-hybridized carbons (Fsp3) is 0.280. The van der Waals surface area contributed by atoms with Gasteiger partial charge in [-0.15, -0.1) is 0 Å². The van der Waals surface area contributed by atoms with Crippen LogP contribution < -0.4 is 15.1 Å². The molecule has 3 aromatic rings. The van der Waals surface area contributed by atoms with E-state index in [0.717, 1.165) is 60.3 Å². The SMILES string of the molecule is Clc1ccc2c(c1)C1C=C(c3ccco3)NN1C1(CC[NH+](Cc3ccccc3)CC1)O2. The van der Waals surface area contributed by atoms with Crippen LogP contribution in [0.3, 0.4) is 0 Å². The number of benzene rings is 2. The first-order chi connectivity index (χ1) is 15.2. The van der Waals surface area contributed by atoms with Crippen molar-refractivity contribution in [3.05, 3.63) is 94.9 Å². The van der Waals surface area contributed by atoms with E-state index >= 15 is 0 Å². The fourth-order valence-corrected chi connectivity index (χ4v) is 5.30. The number of ether oxygens (including phenoxy) is 1. The van der Waals surface area contributed by atoms with E-state index in [9.17, 15) is 0 Å². The van der Waals surface area contributed by atoms with Gasteiger partial charge in [-0.25, -0.2) is 0 Å². The molecule has 2 aromatic carbocycles. The Morgan fingerprint density at radius 2 is 1.90 bits per heavy atom. The number of hydrogen-bond acceptors (Lipinski definition) is 4. The molecule has 0 amide bonds. The Kier molecular flexibility index (Phi) is 4.56. The van der Waals surface area contributed by atoms with Crippen molar-refractivity contribution in [2.45, 2.75) is 31.2 Å². The highest BCUT2D eigenvalue weighted by Crippen LogP contribution is 2.48. The number of piperidine rings is 1. The van der Waals surface area contributed by atoms with E-state index < -0.39 is 5.72 Å². The highest BCUT2D eigenvalue weighted by Gasteiger charge is 2.53. The van der Waals surface area contributed by atoms with E-state index in [1.165, 1.54) is 5.56 Å². The van der Waals surface area contributed by atoms with Crippen LogP contribution in [0.5, 0.6) is 5.75 Å². The van der Waals surface area contributed by atoms with E-state index in [-0.39, 0.29) is 6.04 Å². The van der Waals surface area contributed by atoms with E-state index in [4.69, 9.17) is 20.8 Å². The number of nitrogens with one attached hydrogen (secondary N) is 2. The Hall–Kier alpha value is -2.73. The molecule has 3 aliphatic heterocycles. The van der Waals surface area contributed by atoms with Gasteiger partial charge in [-0.1, -0.05) is 41.9 Å². The molecule has 4 heterocycles. The van der Waals surface area contributed by atoms with Crippen LogP contribution in [-0.2, 0) is 6.54 Å². The monoisotopic (exact) mass is 434 g/mol. The zero-order chi connectivity index (χ0) is 20.8. The molecule has 1 aromatic heterocycles. The number of hydrogen-bond donors (Lipinski definition) is 2. The summed E-state index contributed by atoms with van der Waals surface area (Å²) < 4.78 is 12.4. The molecule has 5 nitrogen and oxygen atoms in total. The second kappa shape index (κ2) is 7.45. The van der Waals surface area contributed by atoms with Crippen LogP contribution in [0.2, 0.25) is 5.02 Å². The van der Waals surface area contributed by atoms with Crippen LogP contribution in [0.4, 0.5) is 0 Å². The summed E-state index contributed by atoms with van der Waals surface area (Å²) in [5, 5.41) is 3.00. The Labute approximate surface area is 186 Å². The number of likely N-dealkylation sites (tertiary alicyclic amines) is 1. The van der Waals surface area contributed by atoms with Gasteiger partial charge in [0.25, 0.3) is 0 Å². The zero-order valence-corrected chi connectivity index (χ0v) is 17.9. The zero-order valence-electron chi connectivity index (χ0n) is 17.2. The molecule has 0 aliphatic carbocycles. The van der Waals surface area contributed by atoms with Crippen LogP contribution in [-0.4, -0.2) is 23.8 Å². The first kappa shape index (κ1) is 19.0. The number of halogens is 1. The molecule has 0 bridgehead atoms. The Morgan fingerprint density at radius 1 is 1.06 bits per heavy atom. The topological polar surface area (TPSA) is 42.1 Å². The van der Waals surface area contributed by atoms with Crippen molar-refractivity contribution >= 4 is 17.3 Å². The standard InChI is InChI=1S/C25H24ClN3O2/c26-19-8-9-23-20(15-19)22-16-21(24-7-4-14-30-24)27-29(22)25(31-23)10-12-28(13-11-25)17-18-5-2-1-3-6-18/h1-9,14-16,22,27H,10-13,17H2/p+1. The minimum Gasteiger partial charge on any atom is -0.470 e. The molecule has 31 heavy (non-hydrogen) atoms. The van der Waals surface area contributed by atoms with Gasteiger partial charge in [-0.3, -0.25) is 0 Å². The van der Waals surface area contributed by atoms with Gasteiger partial charge >= 0.3 is 0 Å². The quantitative estimate of drug-likeness (QED) is 0.658. The Balaban J connectivity index is 1.29. The summed E-state index contributed by atoms with van der Waals surface area (Å²) in [7, 11) is 0. The van der Waals surface area contributed by atoms with Crippen LogP contribution >= 0.6 is 11.6 Å². The van der Waals surface area contributed by atoms with Crippen LogP contribution in [0.1, 0.15) is 35.8 Å². The molecule has 3 aliphatic rings. The summed E-state index contributed by atoms with van der Waals surface area (Å²) >= 11 is 6.34. The Bertz CT molecular complexity index is 1110. The summed E-state index contributed by atoms with van der Waals surface area (Å²) in [6, 6.07) is 20.6. The van der Waals surface area contributed by atoms with E-state index in [2.05, 4.69) is 46.8 Å². The smallest absolute Gasteiger partial charge is 0.191 e. The maximum Gasteiger partial charge on any atom is 0.191 e. The third kappa shape index (κ3) is 3.33. The predicted octanol–water partition coefficient (Wildman–Crippen LogP) is 3.80. The number of nitrogens with zero attached hydrogens (tertiary/aromatic N) is 1. The van der Waals surface area contributed by atoms with E-state index in [1.807, 2.05) is 30.3 Å². The molecule has 1 atom stereocenters. The molecule has 1 fully saturated rings. The Morgan fingerprint density at radius 3 is 2.68 bits per heavy atom. The lowest BCUT2D eigenvalue weighted by molar-refractivity contribution is -0.921. The maximum atomic E-state index is 6.72. The lowest BCUT2D eigenvalue weighted by atomic mass is 9.92. The molecule has 6 heteroatoms. The first-order valence-electron chi connectivity index (χ1n) is 10.9. The maximum absolute atomic E-state index is 6.72. The summed E-state index contributed by atoms with van der Waals surface area (Å²) in [5.74, 6) is 1.76. The van der Waals surface area contributed by atoms with Crippen LogP contribution in [0, 0.1) is 0 Å². The fourth-order valence-electron chi connectivity index (χ4n) is 5.12. The summed E-state index contributed by atoms with van der Waals surface area (Å²) in [4.78, 5) is 1.59. The second-order valence-corrected chi connectivity index (χ2v) is 9.06. The van der Waals surface area contributed by atoms with Gasteiger partial charge in [-0.05, 0) is 36.4 Å². The van der Waals surface area contributed by atoms with Crippen LogP contribution in [0.15, 0.2) is 77.4 Å². The number of rotatable bonds is 3. The normalized spacial score (nSPS) is 27.2. The van der Waals surface area contributed by atoms with Crippen molar-refractivity contribution in [1.29, 1.82) is 0 Å². The molecule has 1 saturated heterocycles. The molecular formula is C25H25ClN3O2+. The van der Waals surface area contributed by atoms with Crippen molar-refractivity contribution in [1.82, 2.24) is 10.4 Å². The molecule has 1 spiro atoms. The van der Waals surface area contributed by atoms with Gasteiger partial charge in [0.05, 0.1) is 43.9 Å². The summed E-state index contributed by atoms with van der Waals surface area (Å²) in [6.07, 6.45) is 5.82. The van der Waals surface area contributed by atoms with E-state index in [0.29, 0.717) is 0 Å². The molecular weight excluding hydrogens is 410 g/mol. The molecule has 2 N–H and O–H groups in total. The minimum atomic E-state index is -0.392. The van der Waals surface area contributed by atoms with Gasteiger partial charge in [0.1, 0.15) is 12.3 Å². The largest absolute Gasteiger partial charge is 0.470 e. The van der Waals surface area contributed by atoms with Crippen molar-refractivity contribution < 1.29 is 14.1 Å². The number of quaternary nitrogens is 1. The number of hydrazine groups is 1. The van der Waals surface area contributed by atoms with Crippen molar-refractivity contribution in [3.8, 4) is 5.75 Å². The van der Waals surface area contributed by atoms with Crippen molar-refractivity contribution in [3.63, 3.8) is 0 Å². The summed E-state index contributed by atoms with van der Waals surface area (Å²) in [5.41, 5.74) is 6.66. The number of furan rings is 1. The highest BCUT2D eigenvalue weighted by molar-refractivity contribution is 6.30. The average Bonchev–Trinajstić information content (AvgIpc) is 3.47. The van der Waals surface area contributed by atoms with Gasteiger partial charge < -0.3 is 19.5 Å². The lowest BCUT2D eigenvalue weighted by Crippen LogP contribution is -3.12.